The molecule has 7 heteroatoms. The molecule has 2 N–H and O–H groups in total. The number of hydrogen-bond acceptors (Lipinski definition) is 4. The van der Waals surface area contributed by atoms with Gasteiger partial charge in [-0.25, -0.2) is 13.1 Å². The molecule has 16 heavy (non-hydrogen) atoms. The molecular formula is C9H15ClN2O2S2. The summed E-state index contributed by atoms with van der Waals surface area (Å²) in [6.45, 7) is 2.02. The highest BCUT2D eigenvalue weighted by Gasteiger charge is 1.99. The van der Waals surface area contributed by atoms with Gasteiger partial charge in [-0.15, -0.1) is 11.3 Å². The number of thiophene rings is 1. The summed E-state index contributed by atoms with van der Waals surface area (Å²) in [7, 11) is -3.05. The Labute approximate surface area is 105 Å². The zero-order valence-corrected chi connectivity index (χ0v) is 11.4. The van der Waals surface area contributed by atoms with Crippen molar-refractivity contribution in [2.24, 2.45) is 0 Å². The topological polar surface area (TPSA) is 58.2 Å². The Morgan fingerprint density at radius 3 is 2.75 bits per heavy atom. The van der Waals surface area contributed by atoms with Gasteiger partial charge in [0.05, 0.1) is 11.3 Å². The van der Waals surface area contributed by atoms with E-state index < -0.39 is 10.0 Å². The molecule has 0 aliphatic rings. The summed E-state index contributed by atoms with van der Waals surface area (Å²) in [4.78, 5) is 1.18. The Morgan fingerprint density at radius 2 is 2.19 bits per heavy atom. The number of sulfonamides is 1. The maximum atomic E-state index is 10.7. The Kier molecular flexibility index (Phi) is 5.71. The summed E-state index contributed by atoms with van der Waals surface area (Å²) in [6.07, 6.45) is 1.93. The van der Waals surface area contributed by atoms with E-state index in [4.69, 9.17) is 11.6 Å². The molecule has 92 valence electrons. The predicted octanol–water partition coefficient (Wildman–Crippen LogP) is 1.43. The molecule has 0 radical (unpaired) electrons. The second-order valence-electron chi connectivity index (χ2n) is 3.43. The van der Waals surface area contributed by atoms with Gasteiger partial charge in [-0.05, 0) is 19.0 Å². The second-order valence-corrected chi connectivity index (χ2v) is 6.69. The van der Waals surface area contributed by atoms with Gasteiger partial charge in [0.1, 0.15) is 0 Å². The number of hydrogen-bond donors (Lipinski definition) is 2. The van der Waals surface area contributed by atoms with Gasteiger partial charge in [0, 0.05) is 23.3 Å². The summed E-state index contributed by atoms with van der Waals surface area (Å²) in [5.41, 5.74) is 0. The van der Waals surface area contributed by atoms with E-state index in [2.05, 4.69) is 10.0 Å². The average molecular weight is 283 g/mol. The van der Waals surface area contributed by atoms with E-state index in [0.29, 0.717) is 6.54 Å². The van der Waals surface area contributed by atoms with Gasteiger partial charge < -0.3 is 5.32 Å². The lowest BCUT2D eigenvalue weighted by Crippen LogP contribution is -2.26. The Morgan fingerprint density at radius 1 is 1.44 bits per heavy atom. The van der Waals surface area contributed by atoms with E-state index in [0.717, 1.165) is 30.8 Å². The zero-order chi connectivity index (χ0) is 12.0. The van der Waals surface area contributed by atoms with Crippen molar-refractivity contribution < 1.29 is 8.42 Å². The van der Waals surface area contributed by atoms with Crippen molar-refractivity contribution in [1.82, 2.24) is 10.0 Å². The molecule has 4 nitrogen and oxygen atoms in total. The standard InChI is InChI=1S/C9H15ClN2O2S2/c1-16(13,14)12-4-2-3-11-6-9-5-8(10)7-15-9/h5,7,11-12H,2-4,6H2,1H3. The third-order valence-corrected chi connectivity index (χ3v) is 3.83. The van der Waals surface area contributed by atoms with Crippen LogP contribution in [0.5, 0.6) is 0 Å². The van der Waals surface area contributed by atoms with Crippen LogP contribution in [0.1, 0.15) is 11.3 Å². The highest BCUT2D eigenvalue weighted by Crippen LogP contribution is 2.18. The Bertz CT molecular complexity index is 417. The van der Waals surface area contributed by atoms with Crippen molar-refractivity contribution in [2.75, 3.05) is 19.3 Å². The van der Waals surface area contributed by atoms with Crippen molar-refractivity contribution >= 4 is 33.0 Å². The van der Waals surface area contributed by atoms with E-state index >= 15 is 0 Å². The Hall–Kier alpha value is -0.140. The SMILES string of the molecule is CS(=O)(=O)NCCCNCc1cc(Cl)cs1. The predicted molar refractivity (Wildman–Crippen MR) is 68.5 cm³/mol. The first-order chi connectivity index (χ1) is 7.47. The van der Waals surface area contributed by atoms with Crippen LogP contribution >= 0.6 is 22.9 Å². The molecule has 0 bridgehead atoms. The van der Waals surface area contributed by atoms with Crippen molar-refractivity contribution in [3.63, 3.8) is 0 Å². The quantitative estimate of drug-likeness (QED) is 0.744. The number of rotatable bonds is 7. The summed E-state index contributed by atoms with van der Waals surface area (Å²) < 4.78 is 23.9. The average Bonchev–Trinajstić information content (AvgIpc) is 2.56. The second kappa shape index (κ2) is 6.56. The molecule has 0 unspecified atom stereocenters. The van der Waals surface area contributed by atoms with E-state index in [1.807, 2.05) is 11.4 Å². The molecule has 0 saturated carbocycles. The number of halogens is 1. The van der Waals surface area contributed by atoms with Crippen molar-refractivity contribution in [3.05, 3.63) is 21.3 Å². The molecule has 1 rings (SSSR count). The Balaban J connectivity index is 2.04. The molecule has 0 spiro atoms. The van der Waals surface area contributed by atoms with Crippen LogP contribution in [0.15, 0.2) is 11.4 Å². The number of nitrogens with one attached hydrogen (secondary N) is 2. The van der Waals surface area contributed by atoms with E-state index in [1.54, 1.807) is 11.3 Å². The van der Waals surface area contributed by atoms with Crippen molar-refractivity contribution in [1.29, 1.82) is 0 Å². The molecule has 0 atom stereocenters. The van der Waals surface area contributed by atoms with Crippen LogP contribution in [0.25, 0.3) is 0 Å². The van der Waals surface area contributed by atoms with Gasteiger partial charge in [-0.2, -0.15) is 0 Å². The minimum atomic E-state index is -3.05. The van der Waals surface area contributed by atoms with E-state index in [9.17, 15) is 8.42 Å². The fourth-order valence-electron chi connectivity index (χ4n) is 1.13. The lowest BCUT2D eigenvalue weighted by molar-refractivity contribution is 0.579. The van der Waals surface area contributed by atoms with Gasteiger partial charge >= 0.3 is 0 Å². The van der Waals surface area contributed by atoms with Crippen LogP contribution in [0, 0.1) is 0 Å². The van der Waals surface area contributed by atoms with Crippen LogP contribution in [0.3, 0.4) is 0 Å². The molecule has 1 heterocycles. The fourth-order valence-corrected chi connectivity index (χ4v) is 2.69. The molecule has 0 aliphatic carbocycles. The largest absolute Gasteiger partial charge is 0.312 e. The maximum Gasteiger partial charge on any atom is 0.208 e. The van der Waals surface area contributed by atoms with Gasteiger partial charge in [-0.3, -0.25) is 0 Å². The molecule has 0 fully saturated rings. The third-order valence-electron chi connectivity index (χ3n) is 1.82. The lowest BCUT2D eigenvalue weighted by atomic mass is 10.4. The normalized spacial score (nSPS) is 11.9. The summed E-state index contributed by atoms with van der Waals surface area (Å²) >= 11 is 7.39. The van der Waals surface area contributed by atoms with Gasteiger partial charge in [0.2, 0.25) is 10.0 Å². The molecule has 1 aromatic heterocycles. The summed E-state index contributed by atoms with van der Waals surface area (Å²) in [6, 6.07) is 1.92. The minimum absolute atomic E-state index is 0.469. The van der Waals surface area contributed by atoms with Crippen molar-refractivity contribution in [3.8, 4) is 0 Å². The molecule has 0 aromatic carbocycles. The zero-order valence-electron chi connectivity index (χ0n) is 8.99. The van der Waals surface area contributed by atoms with Gasteiger partial charge in [-0.1, -0.05) is 11.6 Å². The maximum absolute atomic E-state index is 10.7. The molecule has 1 aromatic rings. The first-order valence-electron chi connectivity index (χ1n) is 4.85. The van der Waals surface area contributed by atoms with Crippen LogP contribution < -0.4 is 10.0 Å². The lowest BCUT2D eigenvalue weighted by Gasteiger charge is -2.03. The van der Waals surface area contributed by atoms with E-state index in [1.165, 1.54) is 4.88 Å². The summed E-state index contributed by atoms with van der Waals surface area (Å²) in [5, 5.41) is 5.88. The monoisotopic (exact) mass is 282 g/mol. The smallest absolute Gasteiger partial charge is 0.208 e. The van der Waals surface area contributed by atoms with Crippen LogP contribution in [-0.2, 0) is 16.6 Å². The van der Waals surface area contributed by atoms with Gasteiger partial charge in [0.15, 0.2) is 0 Å². The molecular weight excluding hydrogens is 268 g/mol. The summed E-state index contributed by atoms with van der Waals surface area (Å²) in [5.74, 6) is 0. The first-order valence-corrected chi connectivity index (χ1v) is 8.00. The van der Waals surface area contributed by atoms with Crippen LogP contribution in [0.4, 0.5) is 0 Å². The van der Waals surface area contributed by atoms with Gasteiger partial charge in [0.25, 0.3) is 0 Å². The van der Waals surface area contributed by atoms with Crippen molar-refractivity contribution in [2.45, 2.75) is 13.0 Å². The molecule has 0 amide bonds. The van der Waals surface area contributed by atoms with E-state index in [-0.39, 0.29) is 0 Å². The fraction of sp³-hybridized carbons (Fsp3) is 0.556. The molecule has 0 aliphatic heterocycles. The van der Waals surface area contributed by atoms with Crippen LogP contribution in [-0.4, -0.2) is 27.8 Å². The highest BCUT2D eigenvalue weighted by atomic mass is 35.5. The molecule has 0 saturated heterocycles. The minimum Gasteiger partial charge on any atom is -0.312 e. The van der Waals surface area contributed by atoms with Crippen LogP contribution in [0.2, 0.25) is 5.02 Å². The first kappa shape index (κ1) is 13.9. The third kappa shape index (κ3) is 6.44. The highest BCUT2D eigenvalue weighted by molar-refractivity contribution is 7.88.